The molecule has 2 rings (SSSR count). The Hall–Kier alpha value is -7.17. The first-order valence-electron chi connectivity index (χ1n) is 38.8. The molecule has 2 aliphatic heterocycles. The highest BCUT2D eigenvalue weighted by atomic mass is 17.1. The van der Waals surface area contributed by atoms with Crippen LogP contribution in [0.5, 0.6) is 0 Å². The van der Waals surface area contributed by atoms with E-state index in [0.29, 0.717) is 65.4 Å². The standard InChI is InChI=1S/C31H59N5O7.C30H57N3O10.C16H25N3O9/c1-24(27(40)32-21-25(37)38)36-19-17-33(12-11-29(2,3)4)13-15-35(23-42-28(41)30(5,6)7)16-14-34(18-20-36)22-26(39)43-31(8,9)10;1-27(2,3)40-23(34)19-32(20-24(35)41-28(4,5)6)15-13-31(17-18-39-38)14-16-33(21-25(36)42-29(7,8)9)22-26(37)43-30(10,11)12;1-2-27-14(24)9-18(8-13(22)23)5-3-17(7-12(20)21)4-6-19-10-15(25)28-16(26)11-19/h24H,11-23H2,1-10H3,(H,32,40)(H,37,38);38H,13-22H2,1-12H3;2-11H2,1H3,(H,20,21)(H,22,23). The lowest BCUT2D eigenvalue weighted by Crippen LogP contribution is -2.53. The maximum atomic E-state index is 12.9. The van der Waals surface area contributed by atoms with Crippen LogP contribution in [0.1, 0.15) is 166 Å². The highest BCUT2D eigenvalue weighted by Gasteiger charge is 2.32. The molecular weight excluding hydrogens is 1490 g/mol. The summed E-state index contributed by atoms with van der Waals surface area (Å²) in [6.07, 6.45) is 0.990. The van der Waals surface area contributed by atoms with E-state index < -0.39 is 112 Å². The number of carbonyl (C=O) groups is 13. The van der Waals surface area contributed by atoms with E-state index in [0.717, 1.165) is 19.5 Å². The minimum absolute atomic E-state index is 0.00371. The van der Waals surface area contributed by atoms with Crippen molar-refractivity contribution in [1.29, 1.82) is 0 Å². The zero-order valence-corrected chi connectivity index (χ0v) is 72.7. The Morgan fingerprint density at radius 1 is 0.430 bits per heavy atom. The third kappa shape index (κ3) is 58.6. The summed E-state index contributed by atoms with van der Waals surface area (Å²) in [5.74, 6) is -8.08. The van der Waals surface area contributed by atoms with Crippen molar-refractivity contribution in [2.45, 2.75) is 200 Å². The summed E-state index contributed by atoms with van der Waals surface area (Å²) in [6, 6.07) is -0.552. The van der Waals surface area contributed by atoms with Crippen LogP contribution in [0.2, 0.25) is 0 Å². The first kappa shape index (κ1) is 107. The van der Waals surface area contributed by atoms with Crippen molar-refractivity contribution in [3.8, 4) is 0 Å². The Labute approximate surface area is 675 Å². The number of esters is 9. The van der Waals surface area contributed by atoms with Gasteiger partial charge in [0.15, 0.2) is 0 Å². The van der Waals surface area contributed by atoms with E-state index in [9.17, 15) is 62.3 Å². The van der Waals surface area contributed by atoms with Crippen molar-refractivity contribution in [2.24, 2.45) is 10.8 Å². The molecule has 37 heteroatoms. The number of morpholine rings is 1. The second kappa shape index (κ2) is 51.8. The lowest BCUT2D eigenvalue weighted by molar-refractivity contribution is -0.244. The smallest absolute Gasteiger partial charge is 0.327 e. The molecule has 37 nitrogen and oxygen atoms in total. The maximum absolute atomic E-state index is 12.9. The van der Waals surface area contributed by atoms with Crippen LogP contribution in [0.3, 0.4) is 0 Å². The van der Waals surface area contributed by atoms with Crippen LogP contribution in [0.25, 0.3) is 0 Å². The highest BCUT2D eigenvalue weighted by Crippen LogP contribution is 2.21. The number of nitrogens with one attached hydrogen (secondary N) is 1. The number of aliphatic carboxylic acids is 3. The van der Waals surface area contributed by atoms with Crippen molar-refractivity contribution >= 4 is 77.5 Å². The molecule has 114 heavy (non-hydrogen) atoms. The van der Waals surface area contributed by atoms with Gasteiger partial charge in [-0.3, -0.25) is 112 Å². The summed E-state index contributed by atoms with van der Waals surface area (Å²) in [4.78, 5) is 178. The number of rotatable bonds is 40. The molecule has 0 radical (unpaired) electrons. The van der Waals surface area contributed by atoms with Crippen LogP contribution < -0.4 is 5.32 Å². The van der Waals surface area contributed by atoms with Crippen molar-refractivity contribution in [2.75, 3.05) is 210 Å². The van der Waals surface area contributed by atoms with Gasteiger partial charge in [0, 0.05) is 111 Å². The van der Waals surface area contributed by atoms with E-state index in [1.54, 1.807) is 107 Å². The first-order chi connectivity index (χ1) is 52.2. The van der Waals surface area contributed by atoms with Crippen LogP contribution in [-0.4, -0.2) is 391 Å². The second-order valence-corrected chi connectivity index (χ2v) is 35.3. The number of carboxylic acids is 3. The Morgan fingerprint density at radius 2 is 0.798 bits per heavy atom. The molecule has 0 aromatic rings. The third-order valence-corrected chi connectivity index (χ3v) is 16.0. The van der Waals surface area contributed by atoms with Gasteiger partial charge in [-0.25, -0.2) is 4.89 Å². The monoisotopic (exact) mass is 1640 g/mol. The normalized spacial score (nSPS) is 15.6. The van der Waals surface area contributed by atoms with Crippen LogP contribution >= 0.6 is 0 Å². The summed E-state index contributed by atoms with van der Waals surface area (Å²) in [6.45, 7) is 48.6. The van der Waals surface area contributed by atoms with Crippen molar-refractivity contribution in [3.05, 3.63) is 0 Å². The van der Waals surface area contributed by atoms with Gasteiger partial charge in [-0.15, -0.1) is 0 Å². The molecule has 660 valence electrons. The van der Waals surface area contributed by atoms with Crippen molar-refractivity contribution in [1.82, 2.24) is 54.3 Å². The molecule has 2 saturated heterocycles. The molecule has 1 amide bonds. The minimum atomic E-state index is -1.13. The lowest BCUT2D eigenvalue weighted by atomic mass is 9.92. The topological polar surface area (TPSA) is 430 Å². The summed E-state index contributed by atoms with van der Waals surface area (Å²) >= 11 is 0. The number of hydrogen-bond donors (Lipinski definition) is 5. The Kier molecular flexibility index (Phi) is 48.5. The fourth-order valence-electron chi connectivity index (χ4n) is 10.7. The minimum Gasteiger partial charge on any atom is -0.480 e. The Morgan fingerprint density at radius 3 is 1.19 bits per heavy atom. The quantitative estimate of drug-likeness (QED) is 0.0193. The van der Waals surface area contributed by atoms with Crippen LogP contribution in [0, 0.1) is 10.8 Å². The lowest BCUT2D eigenvalue weighted by Gasteiger charge is -2.36. The fraction of sp³-hybridized carbons (Fsp3) is 0.831. The maximum Gasteiger partial charge on any atom is 0.327 e. The van der Waals surface area contributed by atoms with Gasteiger partial charge in [-0.05, 0) is 157 Å². The number of nitrogens with zero attached hydrogens (tertiary/aromatic N) is 10. The molecule has 5 N–H and O–H groups in total. The summed E-state index contributed by atoms with van der Waals surface area (Å²) < 4.78 is 42.3. The number of amides is 1. The second-order valence-electron chi connectivity index (χ2n) is 35.3. The fourth-order valence-corrected chi connectivity index (χ4v) is 10.7. The molecule has 1 atom stereocenters. The number of hydrogen-bond acceptors (Lipinski definition) is 33. The molecule has 0 aromatic carbocycles. The molecule has 0 saturated carbocycles. The van der Waals surface area contributed by atoms with E-state index in [2.05, 4.69) is 45.5 Å². The van der Waals surface area contributed by atoms with Gasteiger partial charge < -0.3 is 63.4 Å². The summed E-state index contributed by atoms with van der Waals surface area (Å²) in [5.41, 5.74) is -3.83. The molecule has 2 fully saturated rings. The Balaban J connectivity index is 0.00000172. The molecule has 1 unspecified atom stereocenters. The van der Waals surface area contributed by atoms with Gasteiger partial charge in [0.2, 0.25) is 5.91 Å². The van der Waals surface area contributed by atoms with Gasteiger partial charge >= 0.3 is 71.6 Å². The van der Waals surface area contributed by atoms with Gasteiger partial charge in [0.25, 0.3) is 0 Å². The van der Waals surface area contributed by atoms with E-state index in [1.807, 2.05) is 56.2 Å². The molecule has 2 heterocycles. The van der Waals surface area contributed by atoms with Crippen LogP contribution in [0.15, 0.2) is 0 Å². The molecule has 0 aliphatic carbocycles. The SMILES string of the molecule is CC(C(=O)NCC(=O)O)N1CCN(CCC(C)(C)C)CCN(COC(=O)C(C)(C)C)CCN(CC(=O)OC(C)(C)C)CC1.CC(C)(C)OC(=O)CN(CCN(CCOO)CCN(CC(=O)OC(C)(C)C)CC(=O)OC(C)(C)C)CC(=O)OC(C)(C)C.CCOC(=O)CN(CCN(CCN1CC(=O)OC(=O)C1)CC(=O)O)CC(=O)O. The first-order valence-corrected chi connectivity index (χ1v) is 38.8. The van der Waals surface area contributed by atoms with Gasteiger partial charge in [0.1, 0.15) is 41.3 Å². The van der Waals surface area contributed by atoms with Gasteiger partial charge in [-0.1, -0.05) is 20.8 Å². The average Bonchev–Trinajstić information content (AvgIpc) is 0.877. The Bertz CT molecular complexity index is 2860. The molecule has 0 bridgehead atoms. The predicted molar refractivity (Wildman–Crippen MR) is 420 cm³/mol. The number of carbonyl (C=O) groups excluding carboxylic acids is 10. The van der Waals surface area contributed by atoms with Gasteiger partial charge in [0.05, 0.1) is 90.1 Å². The zero-order valence-electron chi connectivity index (χ0n) is 72.7. The number of cyclic esters (lactones) is 2. The molecular formula is C77H141N11O26. The number of carboxylic acid groups (broad SMARTS) is 3. The molecule has 0 spiro atoms. The number of ether oxygens (including phenoxy) is 8. The molecule has 0 aromatic heterocycles. The van der Waals surface area contributed by atoms with Crippen molar-refractivity contribution < 1.29 is 126 Å². The zero-order chi connectivity index (χ0) is 87.8. The summed E-state index contributed by atoms with van der Waals surface area (Å²) in [7, 11) is 0. The third-order valence-electron chi connectivity index (χ3n) is 16.0. The van der Waals surface area contributed by atoms with E-state index in [1.165, 1.54) is 14.7 Å². The average molecular weight is 1640 g/mol. The predicted octanol–water partition coefficient (Wildman–Crippen LogP) is 2.58. The summed E-state index contributed by atoms with van der Waals surface area (Å²) in [5, 5.41) is 38.6. The molecule has 2 aliphatic rings. The van der Waals surface area contributed by atoms with E-state index in [-0.39, 0.29) is 141 Å². The van der Waals surface area contributed by atoms with Crippen molar-refractivity contribution in [3.63, 3.8) is 0 Å². The van der Waals surface area contributed by atoms with Crippen LogP contribution in [-0.2, 0) is 105 Å². The van der Waals surface area contributed by atoms with E-state index in [4.69, 9.17) is 53.7 Å². The van der Waals surface area contributed by atoms with Crippen LogP contribution in [0.4, 0.5) is 0 Å². The van der Waals surface area contributed by atoms with E-state index >= 15 is 0 Å². The highest BCUT2D eigenvalue weighted by molar-refractivity contribution is 5.90. The van der Waals surface area contributed by atoms with Gasteiger partial charge in [-0.2, -0.15) is 0 Å². The largest absolute Gasteiger partial charge is 0.480 e.